The Balaban J connectivity index is 1.45. The monoisotopic (exact) mass is 509 g/mol. The smallest absolute Gasteiger partial charge is 0.231 e. The summed E-state index contributed by atoms with van der Waals surface area (Å²) in [5.41, 5.74) is 2.46. The van der Waals surface area contributed by atoms with Crippen LogP contribution < -0.4 is 19.7 Å². The molecule has 4 aromatic rings. The van der Waals surface area contributed by atoms with E-state index in [1.807, 2.05) is 59.5 Å². The molecule has 2 aromatic heterocycles. The Morgan fingerprint density at radius 2 is 1.85 bits per heavy atom. The number of rotatable bonds is 4. The van der Waals surface area contributed by atoms with Crippen molar-refractivity contribution in [3.8, 4) is 22.8 Å². The van der Waals surface area contributed by atoms with E-state index in [1.165, 1.54) is 0 Å². The summed E-state index contributed by atoms with van der Waals surface area (Å²) < 4.78 is 17.4. The van der Waals surface area contributed by atoms with Gasteiger partial charge in [-0.3, -0.25) is 4.98 Å². The number of pyridine rings is 1. The molecular formula is C25H17Cl2N3O3S. The van der Waals surface area contributed by atoms with Crippen molar-refractivity contribution in [2.24, 2.45) is 0 Å². The summed E-state index contributed by atoms with van der Waals surface area (Å²) in [6.07, 6.45) is 1.77. The van der Waals surface area contributed by atoms with E-state index < -0.39 is 0 Å². The van der Waals surface area contributed by atoms with E-state index in [0.717, 1.165) is 16.9 Å². The third-order valence-electron chi connectivity index (χ3n) is 5.85. The number of nitrogens with one attached hydrogen (secondary N) is 1. The minimum absolute atomic E-state index is 0.199. The van der Waals surface area contributed by atoms with Crippen molar-refractivity contribution < 1.29 is 13.9 Å². The molecule has 6 rings (SSSR count). The van der Waals surface area contributed by atoms with E-state index in [-0.39, 0.29) is 18.9 Å². The molecule has 0 radical (unpaired) electrons. The van der Waals surface area contributed by atoms with Crippen LogP contribution in [0.3, 0.4) is 0 Å². The Bertz CT molecular complexity index is 1400. The molecule has 1 saturated heterocycles. The molecule has 2 aliphatic heterocycles. The number of hydrogen-bond donors (Lipinski definition) is 1. The summed E-state index contributed by atoms with van der Waals surface area (Å²) >= 11 is 18.3. The van der Waals surface area contributed by atoms with Gasteiger partial charge in [-0.15, -0.1) is 0 Å². The average Bonchev–Trinajstić information content (AvgIpc) is 3.57. The SMILES string of the molecule is S=C1N[C@H](c2ccccn2)[C@H](c2ccc(-c3ccc(Cl)cc3Cl)o2)N1c1ccc2c(c1)OCO2. The molecule has 2 aromatic carbocycles. The lowest BCUT2D eigenvalue weighted by atomic mass is 10.0. The van der Waals surface area contributed by atoms with Gasteiger partial charge in [-0.05, 0) is 66.8 Å². The molecule has 0 unspecified atom stereocenters. The molecule has 0 amide bonds. The van der Waals surface area contributed by atoms with Gasteiger partial charge in [0.25, 0.3) is 0 Å². The number of aromatic nitrogens is 1. The quantitative estimate of drug-likeness (QED) is 0.312. The van der Waals surface area contributed by atoms with Crippen LogP contribution >= 0.6 is 35.4 Å². The lowest BCUT2D eigenvalue weighted by Gasteiger charge is -2.26. The van der Waals surface area contributed by atoms with E-state index in [4.69, 9.17) is 49.3 Å². The van der Waals surface area contributed by atoms with Crippen LogP contribution in [0.4, 0.5) is 5.69 Å². The van der Waals surface area contributed by atoms with E-state index >= 15 is 0 Å². The Kier molecular flexibility index (Phi) is 5.32. The number of benzene rings is 2. The van der Waals surface area contributed by atoms with Crippen LogP contribution in [0.1, 0.15) is 23.5 Å². The van der Waals surface area contributed by atoms with Crippen molar-refractivity contribution in [3.05, 3.63) is 94.4 Å². The highest BCUT2D eigenvalue weighted by molar-refractivity contribution is 7.80. The summed E-state index contributed by atoms with van der Waals surface area (Å²) in [5, 5.41) is 5.06. The Labute approximate surface area is 211 Å². The van der Waals surface area contributed by atoms with Crippen molar-refractivity contribution >= 4 is 46.2 Å². The van der Waals surface area contributed by atoms with Crippen LogP contribution in [0.25, 0.3) is 11.3 Å². The molecule has 0 bridgehead atoms. The second-order valence-corrected chi connectivity index (χ2v) is 9.09. The first-order chi connectivity index (χ1) is 16.6. The molecular weight excluding hydrogens is 493 g/mol. The van der Waals surface area contributed by atoms with Gasteiger partial charge in [0.05, 0.1) is 16.8 Å². The normalized spacial score (nSPS) is 18.9. The fourth-order valence-corrected chi connectivity index (χ4v) is 5.15. The van der Waals surface area contributed by atoms with Gasteiger partial charge in [0.1, 0.15) is 17.6 Å². The summed E-state index contributed by atoms with van der Waals surface area (Å²) in [6, 6.07) is 20.2. The van der Waals surface area contributed by atoms with Gasteiger partial charge >= 0.3 is 0 Å². The molecule has 0 aliphatic carbocycles. The van der Waals surface area contributed by atoms with Crippen molar-refractivity contribution in [1.82, 2.24) is 10.3 Å². The molecule has 0 spiro atoms. The molecule has 4 heterocycles. The van der Waals surface area contributed by atoms with Crippen LogP contribution in [0, 0.1) is 0 Å². The zero-order valence-corrected chi connectivity index (χ0v) is 19.9. The zero-order chi connectivity index (χ0) is 23.2. The number of fused-ring (bicyclic) bond motifs is 1. The van der Waals surface area contributed by atoms with Crippen LogP contribution in [0.2, 0.25) is 10.0 Å². The molecule has 34 heavy (non-hydrogen) atoms. The highest BCUT2D eigenvalue weighted by Gasteiger charge is 2.43. The van der Waals surface area contributed by atoms with Gasteiger partial charge in [0.2, 0.25) is 6.79 Å². The molecule has 1 N–H and O–H groups in total. The Morgan fingerprint density at radius 3 is 2.68 bits per heavy atom. The minimum atomic E-state index is -0.303. The van der Waals surface area contributed by atoms with Gasteiger partial charge in [0, 0.05) is 28.5 Å². The van der Waals surface area contributed by atoms with Gasteiger partial charge in [0.15, 0.2) is 16.6 Å². The largest absolute Gasteiger partial charge is 0.459 e. The third kappa shape index (κ3) is 3.66. The molecule has 1 fully saturated rings. The minimum Gasteiger partial charge on any atom is -0.459 e. The topological polar surface area (TPSA) is 59.8 Å². The summed E-state index contributed by atoms with van der Waals surface area (Å²) in [6.45, 7) is 0.199. The summed E-state index contributed by atoms with van der Waals surface area (Å²) in [4.78, 5) is 6.59. The maximum atomic E-state index is 6.44. The molecule has 6 nitrogen and oxygen atoms in total. The average molecular weight is 510 g/mol. The fourth-order valence-electron chi connectivity index (χ4n) is 4.30. The van der Waals surface area contributed by atoms with E-state index in [0.29, 0.717) is 38.2 Å². The highest BCUT2D eigenvalue weighted by Crippen LogP contribution is 2.45. The van der Waals surface area contributed by atoms with E-state index in [1.54, 1.807) is 18.3 Å². The number of halogens is 2. The van der Waals surface area contributed by atoms with Crippen LogP contribution in [-0.2, 0) is 0 Å². The molecule has 0 saturated carbocycles. The molecule has 2 aliphatic rings. The second kappa shape index (κ2) is 8.51. The van der Waals surface area contributed by atoms with Crippen molar-refractivity contribution in [3.63, 3.8) is 0 Å². The third-order valence-corrected chi connectivity index (χ3v) is 6.71. The van der Waals surface area contributed by atoms with Crippen LogP contribution in [0.5, 0.6) is 11.5 Å². The first kappa shape index (κ1) is 21.3. The lowest BCUT2D eigenvalue weighted by molar-refractivity contribution is 0.174. The number of anilines is 1. The fraction of sp³-hybridized carbons (Fsp3) is 0.120. The van der Waals surface area contributed by atoms with Crippen molar-refractivity contribution in [2.45, 2.75) is 12.1 Å². The highest BCUT2D eigenvalue weighted by atomic mass is 35.5. The van der Waals surface area contributed by atoms with Crippen molar-refractivity contribution in [2.75, 3.05) is 11.7 Å². The zero-order valence-electron chi connectivity index (χ0n) is 17.6. The summed E-state index contributed by atoms with van der Waals surface area (Å²) in [7, 11) is 0. The first-order valence-electron chi connectivity index (χ1n) is 10.5. The Morgan fingerprint density at radius 1 is 0.971 bits per heavy atom. The maximum Gasteiger partial charge on any atom is 0.231 e. The molecule has 2 atom stereocenters. The van der Waals surface area contributed by atoms with Crippen LogP contribution in [0.15, 0.2) is 77.3 Å². The number of furan rings is 1. The van der Waals surface area contributed by atoms with Crippen LogP contribution in [-0.4, -0.2) is 16.9 Å². The molecule has 170 valence electrons. The number of nitrogens with zero attached hydrogens (tertiary/aromatic N) is 2. The van der Waals surface area contributed by atoms with Gasteiger partial charge in [-0.1, -0.05) is 29.3 Å². The van der Waals surface area contributed by atoms with Crippen molar-refractivity contribution in [1.29, 1.82) is 0 Å². The maximum absolute atomic E-state index is 6.44. The number of hydrogen-bond acceptors (Lipinski definition) is 5. The predicted molar refractivity (Wildman–Crippen MR) is 135 cm³/mol. The summed E-state index contributed by atoms with van der Waals surface area (Å²) in [5.74, 6) is 2.73. The molecule has 9 heteroatoms. The van der Waals surface area contributed by atoms with Gasteiger partial charge in [-0.2, -0.15) is 0 Å². The Hall–Kier alpha value is -3.26. The van der Waals surface area contributed by atoms with Gasteiger partial charge < -0.3 is 24.1 Å². The first-order valence-corrected chi connectivity index (χ1v) is 11.7. The standard InChI is InChI=1S/C25H17Cl2N3O3S/c26-14-4-6-16(17(27)11-14)19-8-9-21(33-19)24-23(18-3-1-2-10-28-18)29-25(34)30(24)15-5-7-20-22(12-15)32-13-31-20/h1-12,23-24H,13H2,(H,29,34)/t23-,24+/m1/s1. The lowest BCUT2D eigenvalue weighted by Crippen LogP contribution is -2.29. The number of thiocarbonyl (C=S) groups is 1. The van der Waals surface area contributed by atoms with E-state index in [9.17, 15) is 0 Å². The van der Waals surface area contributed by atoms with Gasteiger partial charge in [-0.25, -0.2) is 0 Å². The predicted octanol–water partition coefficient (Wildman–Crippen LogP) is 6.55. The van der Waals surface area contributed by atoms with E-state index in [2.05, 4.69) is 10.3 Å². The second-order valence-electron chi connectivity index (χ2n) is 7.86. The number of ether oxygens (including phenoxy) is 2.